The highest BCUT2D eigenvalue weighted by Gasteiger charge is 2.12. The van der Waals surface area contributed by atoms with Crippen molar-refractivity contribution in [1.82, 2.24) is 54.8 Å². The zero-order valence-corrected chi connectivity index (χ0v) is 29.1. The first-order chi connectivity index (χ1) is 27.5. The summed E-state index contributed by atoms with van der Waals surface area (Å²) in [5.74, 6) is -1.57. The average Bonchev–Trinajstić information content (AvgIpc) is 3.21. The van der Waals surface area contributed by atoms with Gasteiger partial charge in [-0.1, -0.05) is 0 Å². The Balaban J connectivity index is 0.000000131. The second-order valence-corrected chi connectivity index (χ2v) is 11.8. The van der Waals surface area contributed by atoms with Crippen LogP contribution in [0, 0.1) is 11.8 Å². The molecule has 8 aromatic heterocycles. The minimum absolute atomic E-state index is 0.149. The summed E-state index contributed by atoms with van der Waals surface area (Å²) >= 11 is 0. The molecular formula is C38H26F2N14O3. The Hall–Kier alpha value is -8.48. The van der Waals surface area contributed by atoms with E-state index in [0.717, 1.165) is 11.6 Å². The molecule has 0 saturated heterocycles. The number of fused-ring (bicyclic) bond motifs is 3. The molecule has 0 fully saturated rings. The number of pyridine rings is 5. The van der Waals surface area contributed by atoms with E-state index in [0.29, 0.717) is 72.9 Å². The minimum atomic E-state index is -1.21. The first kappa shape index (κ1) is 36.9. The van der Waals surface area contributed by atoms with E-state index in [1.165, 1.54) is 49.4 Å². The largest absolute Gasteiger partial charge is 0.478 e. The molecule has 9 aromatic rings. The number of benzene rings is 1. The van der Waals surface area contributed by atoms with Crippen LogP contribution in [0.2, 0.25) is 0 Å². The number of nitrogens with two attached hydrogens (primary N) is 3. The maximum Gasteiger partial charge on any atom is 0.335 e. The standard InChI is InChI=1S/C14H9FN4O2.C12H8FN5.C12H9N5O/c15-9-4-7(3-8(5-9)14(20)21)10-1-2-11-12(19-10)13(16)18-6-17-11;13-10-5-7(3-4-15-10)8-1-2-9-11(18-8)12(14)17-6-16-9;13-12-11-9(15-6-16-12)2-1-8(17-11)7-3-4-14-10(18)5-7/h1-6H,(H,20,21)(H2,16,17,18);1-6H,(H2,14,16,17);1-6H,(H,14,18)(H2,13,15,16). The molecule has 0 aliphatic heterocycles. The number of H-pyrrole nitrogens is 1. The summed E-state index contributed by atoms with van der Waals surface area (Å²) in [5, 5.41) is 8.97. The molecule has 0 spiro atoms. The molecule has 8 N–H and O–H groups in total. The third-order valence-electron chi connectivity index (χ3n) is 8.06. The Morgan fingerprint density at radius 3 is 1.53 bits per heavy atom. The van der Waals surface area contributed by atoms with Crippen LogP contribution in [0.25, 0.3) is 66.9 Å². The summed E-state index contributed by atoms with van der Waals surface area (Å²) < 4.78 is 26.6. The van der Waals surface area contributed by atoms with Gasteiger partial charge in [-0.25, -0.2) is 59.0 Å². The van der Waals surface area contributed by atoms with E-state index >= 15 is 0 Å². The molecule has 57 heavy (non-hydrogen) atoms. The Labute approximate surface area is 318 Å². The van der Waals surface area contributed by atoms with Gasteiger partial charge in [0.25, 0.3) is 0 Å². The van der Waals surface area contributed by atoms with Crippen molar-refractivity contribution in [3.05, 3.63) is 138 Å². The Kier molecular flexibility index (Phi) is 10.3. The van der Waals surface area contributed by atoms with Crippen LogP contribution < -0.4 is 22.8 Å². The van der Waals surface area contributed by atoms with Crippen LogP contribution in [0.3, 0.4) is 0 Å². The fourth-order valence-corrected chi connectivity index (χ4v) is 5.39. The molecule has 19 heteroatoms. The van der Waals surface area contributed by atoms with Gasteiger partial charge < -0.3 is 27.3 Å². The number of aromatic nitrogens is 11. The van der Waals surface area contributed by atoms with Gasteiger partial charge in [0.1, 0.15) is 41.3 Å². The number of aromatic carboxylic acids is 1. The summed E-state index contributed by atoms with van der Waals surface area (Å²) in [6, 6.07) is 20.2. The molecule has 17 nitrogen and oxygen atoms in total. The quantitative estimate of drug-likeness (QED) is 0.149. The number of nitrogens with one attached hydrogen (secondary N) is 1. The van der Waals surface area contributed by atoms with E-state index in [-0.39, 0.29) is 16.9 Å². The lowest BCUT2D eigenvalue weighted by molar-refractivity contribution is 0.0696. The third kappa shape index (κ3) is 8.36. The average molecular weight is 765 g/mol. The maximum atomic E-state index is 13.5. The van der Waals surface area contributed by atoms with Crippen molar-refractivity contribution in [2.75, 3.05) is 17.2 Å². The van der Waals surface area contributed by atoms with Gasteiger partial charge in [-0.2, -0.15) is 4.39 Å². The molecule has 0 aliphatic rings. The third-order valence-corrected chi connectivity index (χ3v) is 8.06. The van der Waals surface area contributed by atoms with Crippen LogP contribution >= 0.6 is 0 Å². The molecule has 0 atom stereocenters. The van der Waals surface area contributed by atoms with Crippen LogP contribution in [0.4, 0.5) is 26.2 Å². The molecule has 0 bridgehead atoms. The number of nitrogens with zero attached hydrogens (tertiary/aromatic N) is 10. The van der Waals surface area contributed by atoms with E-state index in [1.807, 2.05) is 0 Å². The highest BCUT2D eigenvalue weighted by molar-refractivity contribution is 5.91. The number of halogens is 2. The van der Waals surface area contributed by atoms with Crippen molar-refractivity contribution in [3.63, 3.8) is 0 Å². The normalized spacial score (nSPS) is 10.7. The molecular weight excluding hydrogens is 739 g/mol. The molecule has 280 valence electrons. The predicted molar refractivity (Wildman–Crippen MR) is 207 cm³/mol. The zero-order valence-electron chi connectivity index (χ0n) is 29.1. The number of hydrogen-bond donors (Lipinski definition) is 5. The van der Waals surface area contributed by atoms with Crippen molar-refractivity contribution in [1.29, 1.82) is 0 Å². The van der Waals surface area contributed by atoms with Gasteiger partial charge in [0.05, 0.1) is 39.2 Å². The molecule has 0 radical (unpaired) electrons. The van der Waals surface area contributed by atoms with Crippen molar-refractivity contribution in [2.24, 2.45) is 0 Å². The second kappa shape index (κ2) is 15.9. The molecule has 0 amide bonds. The predicted octanol–water partition coefficient (Wildman–Crippen LogP) is 4.88. The van der Waals surface area contributed by atoms with Crippen LogP contribution in [0.15, 0.2) is 115 Å². The number of anilines is 3. The fourth-order valence-electron chi connectivity index (χ4n) is 5.39. The lowest BCUT2D eigenvalue weighted by Gasteiger charge is -2.05. The Morgan fingerprint density at radius 2 is 1.05 bits per heavy atom. The number of nitrogen functional groups attached to an aromatic ring is 3. The SMILES string of the molecule is Nc1ncnc2ccc(-c3cc(F)cc(C(=O)O)c3)nc12.Nc1ncnc2ccc(-c3cc[nH]c(=O)c3)nc12.Nc1ncnc2ccc(-c3ccnc(F)c3)nc12. The van der Waals surface area contributed by atoms with Gasteiger partial charge in [-0.3, -0.25) is 4.79 Å². The Morgan fingerprint density at radius 1 is 0.561 bits per heavy atom. The number of carboxylic acids is 1. The van der Waals surface area contributed by atoms with Gasteiger partial charge >= 0.3 is 5.97 Å². The van der Waals surface area contributed by atoms with Gasteiger partial charge in [0.2, 0.25) is 11.5 Å². The summed E-state index contributed by atoms with van der Waals surface area (Å²) in [4.78, 5) is 65.1. The summed E-state index contributed by atoms with van der Waals surface area (Å²) in [5.41, 5.74) is 23.6. The van der Waals surface area contributed by atoms with Gasteiger partial charge in [-0.05, 0) is 66.7 Å². The highest BCUT2D eigenvalue weighted by atomic mass is 19.1. The number of rotatable bonds is 4. The molecule has 9 rings (SSSR count). The zero-order chi connectivity index (χ0) is 40.1. The van der Waals surface area contributed by atoms with Crippen LogP contribution in [0.5, 0.6) is 0 Å². The van der Waals surface area contributed by atoms with Crippen LogP contribution in [-0.4, -0.2) is 65.9 Å². The van der Waals surface area contributed by atoms with E-state index < -0.39 is 17.7 Å². The molecule has 0 unspecified atom stereocenters. The number of hydrogen-bond acceptors (Lipinski definition) is 15. The molecule has 8 heterocycles. The highest BCUT2D eigenvalue weighted by Crippen LogP contribution is 2.25. The van der Waals surface area contributed by atoms with Crippen LogP contribution in [-0.2, 0) is 0 Å². The maximum absolute atomic E-state index is 13.5. The monoisotopic (exact) mass is 764 g/mol. The molecule has 0 saturated carbocycles. The lowest BCUT2D eigenvalue weighted by Crippen LogP contribution is -2.03. The summed E-state index contributed by atoms with van der Waals surface area (Å²) in [6.45, 7) is 0. The number of carbonyl (C=O) groups is 1. The minimum Gasteiger partial charge on any atom is -0.478 e. The fraction of sp³-hybridized carbons (Fsp3) is 0. The van der Waals surface area contributed by atoms with Crippen LogP contribution in [0.1, 0.15) is 10.4 Å². The van der Waals surface area contributed by atoms with Gasteiger partial charge in [-0.15, -0.1) is 0 Å². The number of aromatic amines is 1. The van der Waals surface area contributed by atoms with Crippen molar-refractivity contribution < 1.29 is 18.7 Å². The van der Waals surface area contributed by atoms with E-state index in [2.05, 4.69) is 54.8 Å². The van der Waals surface area contributed by atoms with E-state index in [1.54, 1.807) is 54.7 Å². The Bertz CT molecular complexity index is 3020. The van der Waals surface area contributed by atoms with Crippen molar-refractivity contribution in [3.8, 4) is 33.8 Å². The van der Waals surface area contributed by atoms with Crippen molar-refractivity contribution >= 4 is 56.5 Å². The number of carboxylic acid groups (broad SMARTS) is 1. The summed E-state index contributed by atoms with van der Waals surface area (Å²) in [7, 11) is 0. The van der Waals surface area contributed by atoms with Gasteiger partial charge in [0, 0.05) is 41.2 Å². The van der Waals surface area contributed by atoms with Crippen molar-refractivity contribution in [2.45, 2.75) is 0 Å². The molecule has 1 aromatic carbocycles. The van der Waals surface area contributed by atoms with E-state index in [4.69, 9.17) is 22.3 Å². The smallest absolute Gasteiger partial charge is 0.335 e. The first-order valence-electron chi connectivity index (χ1n) is 16.5. The first-order valence-corrected chi connectivity index (χ1v) is 16.5. The molecule has 0 aliphatic carbocycles. The summed E-state index contributed by atoms with van der Waals surface area (Å²) in [6.07, 6.45) is 7.07. The second-order valence-electron chi connectivity index (χ2n) is 11.8. The topological polar surface area (TPSA) is 277 Å². The van der Waals surface area contributed by atoms with E-state index in [9.17, 15) is 18.4 Å². The van der Waals surface area contributed by atoms with Gasteiger partial charge in [0.15, 0.2) is 17.5 Å². The lowest BCUT2D eigenvalue weighted by atomic mass is 10.1.